The molecule has 1 nitrogen and oxygen atoms in total. The molecule has 2 unspecified atom stereocenters. The fourth-order valence-corrected chi connectivity index (χ4v) is 3.47. The minimum atomic E-state index is -0.0113. The molecule has 2 aliphatic rings. The van der Waals surface area contributed by atoms with E-state index in [1.807, 2.05) is 0 Å². The van der Waals surface area contributed by atoms with E-state index < -0.39 is 0 Å². The van der Waals surface area contributed by atoms with Gasteiger partial charge >= 0.3 is 0 Å². The van der Waals surface area contributed by atoms with Gasteiger partial charge in [0.25, 0.3) is 0 Å². The summed E-state index contributed by atoms with van der Waals surface area (Å²) in [7, 11) is 0. The van der Waals surface area contributed by atoms with Crippen LogP contribution < -0.4 is 0 Å². The number of hydrogen-bond donors (Lipinski definition) is 0. The second-order valence-electron chi connectivity index (χ2n) is 5.58. The van der Waals surface area contributed by atoms with Crippen molar-refractivity contribution in [2.24, 2.45) is 4.99 Å². The Morgan fingerprint density at radius 2 is 1.67 bits per heavy atom. The summed E-state index contributed by atoms with van der Waals surface area (Å²) in [5, 5.41) is 0. The summed E-state index contributed by atoms with van der Waals surface area (Å²) >= 11 is 0. The van der Waals surface area contributed by atoms with E-state index in [4.69, 9.17) is 4.99 Å². The van der Waals surface area contributed by atoms with Gasteiger partial charge in [0.2, 0.25) is 0 Å². The molecule has 18 heavy (non-hydrogen) atoms. The van der Waals surface area contributed by atoms with Crippen LogP contribution in [0, 0.1) is 0 Å². The van der Waals surface area contributed by atoms with Crippen LogP contribution in [0.15, 0.2) is 59.6 Å². The number of aliphatic imine (C=N–C) groups is 1. The van der Waals surface area contributed by atoms with E-state index in [1.165, 1.54) is 16.7 Å². The quantitative estimate of drug-likeness (QED) is 0.712. The van der Waals surface area contributed by atoms with Crippen molar-refractivity contribution < 1.29 is 0 Å². The van der Waals surface area contributed by atoms with Crippen molar-refractivity contribution in [2.45, 2.75) is 24.3 Å². The standard InChI is InChI=1S/C17H15N/c1-16-12-17(16,14-8-3-2-4-9-14)18-11-13-7-5-6-10-15(13)16/h2-11H,12H2,1H3. The van der Waals surface area contributed by atoms with Crippen LogP contribution in [-0.4, -0.2) is 6.21 Å². The smallest absolute Gasteiger partial charge is 0.0960 e. The molecule has 0 aromatic heterocycles. The second-order valence-corrected chi connectivity index (χ2v) is 5.58. The Balaban J connectivity index is 1.91. The molecule has 0 N–H and O–H groups in total. The third-order valence-electron chi connectivity index (χ3n) is 4.63. The summed E-state index contributed by atoms with van der Waals surface area (Å²) < 4.78 is 0. The molecule has 0 radical (unpaired) electrons. The highest BCUT2D eigenvalue weighted by Crippen LogP contribution is 2.67. The van der Waals surface area contributed by atoms with Gasteiger partial charge in [0.15, 0.2) is 0 Å². The zero-order valence-electron chi connectivity index (χ0n) is 10.4. The molecule has 0 spiro atoms. The van der Waals surface area contributed by atoms with Gasteiger partial charge in [-0.05, 0) is 23.1 Å². The third kappa shape index (κ3) is 1.05. The summed E-state index contributed by atoms with van der Waals surface area (Å²) in [5.74, 6) is 0. The second kappa shape index (κ2) is 3.11. The topological polar surface area (TPSA) is 12.4 Å². The first-order valence-corrected chi connectivity index (χ1v) is 6.47. The summed E-state index contributed by atoms with van der Waals surface area (Å²) in [6, 6.07) is 19.3. The van der Waals surface area contributed by atoms with Crippen LogP contribution in [0.1, 0.15) is 30.0 Å². The van der Waals surface area contributed by atoms with Crippen LogP contribution in [0.25, 0.3) is 0 Å². The van der Waals surface area contributed by atoms with Crippen LogP contribution in [-0.2, 0) is 11.0 Å². The number of benzene rings is 2. The highest BCUT2D eigenvalue weighted by Gasteiger charge is 2.67. The maximum atomic E-state index is 4.89. The Morgan fingerprint density at radius 1 is 0.944 bits per heavy atom. The van der Waals surface area contributed by atoms with Gasteiger partial charge in [0.05, 0.1) is 5.54 Å². The summed E-state index contributed by atoms with van der Waals surface area (Å²) in [4.78, 5) is 4.89. The van der Waals surface area contributed by atoms with E-state index in [9.17, 15) is 0 Å². The molecule has 1 aliphatic heterocycles. The van der Waals surface area contributed by atoms with Gasteiger partial charge < -0.3 is 0 Å². The summed E-state index contributed by atoms with van der Waals surface area (Å²) in [6.45, 7) is 2.34. The lowest BCUT2D eigenvalue weighted by Crippen LogP contribution is -2.23. The van der Waals surface area contributed by atoms with Crippen molar-refractivity contribution in [2.75, 3.05) is 0 Å². The molecule has 2 aromatic rings. The largest absolute Gasteiger partial charge is 0.280 e. The lowest BCUT2D eigenvalue weighted by Gasteiger charge is -2.25. The SMILES string of the molecule is CC12CC1(c1ccccc1)N=Cc1ccccc12. The molecule has 0 saturated heterocycles. The maximum absolute atomic E-state index is 4.89. The predicted octanol–water partition coefficient (Wildman–Crippen LogP) is 3.68. The number of hydrogen-bond acceptors (Lipinski definition) is 1. The minimum absolute atomic E-state index is 0.0113. The average molecular weight is 233 g/mol. The van der Waals surface area contributed by atoms with E-state index in [0.29, 0.717) is 0 Å². The molecule has 1 heterocycles. The summed E-state index contributed by atoms with van der Waals surface area (Å²) in [5.41, 5.74) is 4.24. The van der Waals surface area contributed by atoms with E-state index >= 15 is 0 Å². The van der Waals surface area contributed by atoms with Crippen molar-refractivity contribution in [1.29, 1.82) is 0 Å². The molecule has 1 saturated carbocycles. The first-order valence-electron chi connectivity index (χ1n) is 6.47. The van der Waals surface area contributed by atoms with Crippen LogP contribution in [0.5, 0.6) is 0 Å². The monoisotopic (exact) mass is 233 g/mol. The van der Waals surface area contributed by atoms with Crippen LogP contribution >= 0.6 is 0 Å². The normalized spacial score (nSPS) is 31.6. The van der Waals surface area contributed by atoms with E-state index in [-0.39, 0.29) is 11.0 Å². The number of fused-ring (bicyclic) bond motifs is 3. The molecule has 1 aliphatic carbocycles. The third-order valence-corrected chi connectivity index (χ3v) is 4.63. The highest BCUT2D eigenvalue weighted by atomic mass is 15.0. The Hall–Kier alpha value is -1.89. The lowest BCUT2D eigenvalue weighted by molar-refractivity contribution is 0.589. The van der Waals surface area contributed by atoms with E-state index in [1.54, 1.807) is 0 Å². The van der Waals surface area contributed by atoms with Crippen LogP contribution in [0.2, 0.25) is 0 Å². The minimum Gasteiger partial charge on any atom is -0.280 e. The Morgan fingerprint density at radius 3 is 2.50 bits per heavy atom. The van der Waals surface area contributed by atoms with Gasteiger partial charge in [-0.3, -0.25) is 4.99 Å². The molecule has 88 valence electrons. The first kappa shape index (κ1) is 10.1. The van der Waals surface area contributed by atoms with E-state index in [0.717, 1.165) is 6.42 Å². The molecule has 0 bridgehead atoms. The number of nitrogens with zero attached hydrogens (tertiary/aromatic N) is 1. The summed E-state index contributed by atoms with van der Waals surface area (Å²) in [6.07, 6.45) is 3.18. The molecule has 2 atom stereocenters. The fourth-order valence-electron chi connectivity index (χ4n) is 3.47. The van der Waals surface area contributed by atoms with Crippen molar-refractivity contribution >= 4 is 6.21 Å². The van der Waals surface area contributed by atoms with Gasteiger partial charge in [0.1, 0.15) is 0 Å². The maximum Gasteiger partial charge on any atom is 0.0960 e. The van der Waals surface area contributed by atoms with Gasteiger partial charge in [-0.15, -0.1) is 0 Å². The van der Waals surface area contributed by atoms with E-state index in [2.05, 4.69) is 67.7 Å². The Labute approximate surface area is 107 Å². The molecule has 4 rings (SSSR count). The van der Waals surface area contributed by atoms with Crippen molar-refractivity contribution in [3.8, 4) is 0 Å². The van der Waals surface area contributed by atoms with Crippen LogP contribution in [0.3, 0.4) is 0 Å². The lowest BCUT2D eigenvalue weighted by atomic mass is 9.84. The van der Waals surface area contributed by atoms with Gasteiger partial charge in [-0.2, -0.15) is 0 Å². The molecule has 0 amide bonds. The molecule has 1 heteroatoms. The molecule has 2 aromatic carbocycles. The average Bonchev–Trinajstić information content (AvgIpc) is 3.08. The van der Waals surface area contributed by atoms with Gasteiger partial charge in [-0.25, -0.2) is 0 Å². The van der Waals surface area contributed by atoms with Crippen molar-refractivity contribution in [3.05, 3.63) is 71.3 Å². The molecular formula is C17H15N. The van der Waals surface area contributed by atoms with Crippen molar-refractivity contribution in [1.82, 2.24) is 0 Å². The highest BCUT2D eigenvalue weighted by molar-refractivity contribution is 5.86. The van der Waals surface area contributed by atoms with Crippen LogP contribution in [0.4, 0.5) is 0 Å². The Bertz CT molecular complexity index is 644. The molecule has 1 fully saturated rings. The molecular weight excluding hydrogens is 218 g/mol. The van der Waals surface area contributed by atoms with Crippen molar-refractivity contribution in [3.63, 3.8) is 0 Å². The zero-order chi connectivity index (χ0) is 12.2. The zero-order valence-corrected chi connectivity index (χ0v) is 10.4. The first-order chi connectivity index (χ1) is 8.76. The van der Waals surface area contributed by atoms with Gasteiger partial charge in [-0.1, -0.05) is 61.5 Å². The van der Waals surface area contributed by atoms with Gasteiger partial charge in [0, 0.05) is 11.6 Å². The fraction of sp³-hybridized carbons (Fsp3) is 0.235. The number of rotatable bonds is 1. The Kier molecular flexibility index (Phi) is 1.74. The predicted molar refractivity (Wildman–Crippen MR) is 74.1 cm³/mol.